The van der Waals surface area contributed by atoms with Crippen molar-refractivity contribution in [2.24, 2.45) is 0 Å². The van der Waals surface area contributed by atoms with E-state index in [1.165, 1.54) is 24.3 Å². The average Bonchev–Trinajstić information content (AvgIpc) is 3.08. The highest BCUT2D eigenvalue weighted by Crippen LogP contribution is 2.17. The third-order valence-electron chi connectivity index (χ3n) is 3.55. The summed E-state index contributed by atoms with van der Waals surface area (Å²) in [4.78, 5) is 43.0. The standard InChI is InChI=1S/C13H18N4O4/c1-8(18)17-4-2-3-11(17)12(19)16-10(13(20)21)5-9-6-14-7-15-9/h6-7,10-11H,2-5H2,1H3,(H,14,15)(H,16,19)(H,20,21)/t10?,11-/m0/s1. The molecule has 0 aliphatic carbocycles. The maximum absolute atomic E-state index is 12.2. The number of carboxylic acids is 1. The number of hydrogen-bond acceptors (Lipinski definition) is 4. The normalized spacial score (nSPS) is 19.3. The number of likely N-dealkylation sites (tertiary alicyclic amines) is 1. The van der Waals surface area contributed by atoms with E-state index in [1.807, 2.05) is 0 Å². The summed E-state index contributed by atoms with van der Waals surface area (Å²) in [6.07, 6.45) is 4.38. The van der Waals surface area contributed by atoms with Crippen molar-refractivity contribution in [3.8, 4) is 0 Å². The van der Waals surface area contributed by atoms with E-state index in [-0.39, 0.29) is 12.3 Å². The summed E-state index contributed by atoms with van der Waals surface area (Å²) in [5.41, 5.74) is 0.623. The second kappa shape index (κ2) is 6.38. The molecule has 2 heterocycles. The Morgan fingerprint density at radius 3 is 2.90 bits per heavy atom. The van der Waals surface area contributed by atoms with Crippen LogP contribution in [-0.4, -0.2) is 56.4 Å². The minimum atomic E-state index is -1.12. The van der Waals surface area contributed by atoms with Gasteiger partial charge in [0.15, 0.2) is 0 Å². The quantitative estimate of drug-likeness (QED) is 0.679. The van der Waals surface area contributed by atoms with Crippen molar-refractivity contribution >= 4 is 17.8 Å². The number of nitrogens with zero attached hydrogens (tertiary/aromatic N) is 2. The molecule has 8 nitrogen and oxygen atoms in total. The van der Waals surface area contributed by atoms with E-state index in [9.17, 15) is 19.5 Å². The summed E-state index contributed by atoms with van der Waals surface area (Å²) in [6.45, 7) is 1.94. The average molecular weight is 294 g/mol. The number of amides is 2. The zero-order valence-corrected chi connectivity index (χ0v) is 11.7. The van der Waals surface area contributed by atoms with Crippen molar-refractivity contribution in [3.05, 3.63) is 18.2 Å². The number of carbonyl (C=O) groups excluding carboxylic acids is 2. The smallest absolute Gasteiger partial charge is 0.326 e. The van der Waals surface area contributed by atoms with Crippen molar-refractivity contribution in [2.45, 2.75) is 38.3 Å². The second-order valence-corrected chi connectivity index (χ2v) is 5.05. The van der Waals surface area contributed by atoms with E-state index in [2.05, 4.69) is 15.3 Å². The molecular weight excluding hydrogens is 276 g/mol. The predicted molar refractivity (Wildman–Crippen MR) is 72.3 cm³/mol. The summed E-state index contributed by atoms with van der Waals surface area (Å²) in [6, 6.07) is -1.63. The summed E-state index contributed by atoms with van der Waals surface area (Å²) in [5, 5.41) is 11.7. The van der Waals surface area contributed by atoms with E-state index >= 15 is 0 Å². The molecule has 1 aromatic heterocycles. The molecular formula is C13H18N4O4. The first-order chi connectivity index (χ1) is 9.99. The zero-order chi connectivity index (χ0) is 15.4. The summed E-state index contributed by atoms with van der Waals surface area (Å²) in [7, 11) is 0. The van der Waals surface area contributed by atoms with Crippen molar-refractivity contribution in [2.75, 3.05) is 6.54 Å². The van der Waals surface area contributed by atoms with E-state index in [0.29, 0.717) is 18.7 Å². The highest BCUT2D eigenvalue weighted by Gasteiger charge is 2.34. The molecule has 8 heteroatoms. The maximum atomic E-state index is 12.2. The van der Waals surface area contributed by atoms with Gasteiger partial charge in [0.25, 0.3) is 0 Å². The highest BCUT2D eigenvalue weighted by molar-refractivity contribution is 5.90. The lowest BCUT2D eigenvalue weighted by Gasteiger charge is -2.24. The van der Waals surface area contributed by atoms with Crippen LogP contribution in [-0.2, 0) is 20.8 Å². The van der Waals surface area contributed by atoms with Gasteiger partial charge in [-0.2, -0.15) is 0 Å². The monoisotopic (exact) mass is 294 g/mol. The molecule has 1 aromatic rings. The number of carboxylic acid groups (broad SMARTS) is 1. The van der Waals surface area contributed by atoms with Crippen LogP contribution in [0.4, 0.5) is 0 Å². The number of aromatic nitrogens is 2. The molecule has 1 saturated heterocycles. The van der Waals surface area contributed by atoms with Gasteiger partial charge in [0.2, 0.25) is 11.8 Å². The Kier molecular flexibility index (Phi) is 4.56. The van der Waals surface area contributed by atoms with Gasteiger partial charge >= 0.3 is 5.97 Å². The van der Waals surface area contributed by atoms with Crippen LogP contribution in [0, 0.1) is 0 Å². The van der Waals surface area contributed by atoms with Crippen LogP contribution in [0.5, 0.6) is 0 Å². The Morgan fingerprint density at radius 2 is 2.33 bits per heavy atom. The molecule has 2 atom stereocenters. The van der Waals surface area contributed by atoms with Crippen LogP contribution in [0.2, 0.25) is 0 Å². The second-order valence-electron chi connectivity index (χ2n) is 5.05. The van der Waals surface area contributed by atoms with Crippen molar-refractivity contribution in [1.29, 1.82) is 0 Å². The van der Waals surface area contributed by atoms with E-state index in [0.717, 1.165) is 6.42 Å². The third kappa shape index (κ3) is 3.59. The van der Waals surface area contributed by atoms with Crippen LogP contribution in [0.15, 0.2) is 12.5 Å². The van der Waals surface area contributed by atoms with E-state index < -0.39 is 24.0 Å². The molecule has 2 rings (SSSR count). The molecule has 1 fully saturated rings. The molecule has 114 valence electrons. The number of carbonyl (C=O) groups is 3. The highest BCUT2D eigenvalue weighted by atomic mass is 16.4. The number of aliphatic carboxylic acids is 1. The number of imidazole rings is 1. The van der Waals surface area contributed by atoms with E-state index in [1.54, 1.807) is 0 Å². The summed E-state index contributed by atoms with van der Waals surface area (Å²) in [5.74, 6) is -1.71. The Morgan fingerprint density at radius 1 is 1.57 bits per heavy atom. The van der Waals surface area contributed by atoms with Crippen molar-refractivity contribution in [3.63, 3.8) is 0 Å². The lowest BCUT2D eigenvalue weighted by atomic mass is 10.1. The number of rotatable bonds is 5. The molecule has 1 aliphatic rings. The summed E-state index contributed by atoms with van der Waals surface area (Å²) >= 11 is 0. The number of nitrogens with one attached hydrogen (secondary N) is 2. The molecule has 21 heavy (non-hydrogen) atoms. The van der Waals surface area contributed by atoms with Crippen LogP contribution in [0.1, 0.15) is 25.5 Å². The molecule has 1 aliphatic heterocycles. The Bertz CT molecular complexity index is 528. The van der Waals surface area contributed by atoms with Crippen LogP contribution in [0.25, 0.3) is 0 Å². The van der Waals surface area contributed by atoms with Gasteiger partial charge in [0.1, 0.15) is 12.1 Å². The first-order valence-corrected chi connectivity index (χ1v) is 6.76. The molecule has 0 aromatic carbocycles. The van der Waals surface area contributed by atoms with Gasteiger partial charge in [-0.3, -0.25) is 9.59 Å². The summed E-state index contributed by atoms with van der Waals surface area (Å²) < 4.78 is 0. The van der Waals surface area contributed by atoms with Crippen LogP contribution < -0.4 is 5.32 Å². The zero-order valence-electron chi connectivity index (χ0n) is 11.7. The molecule has 2 amide bonds. The first-order valence-electron chi connectivity index (χ1n) is 6.76. The van der Waals surface area contributed by atoms with Crippen molar-refractivity contribution in [1.82, 2.24) is 20.2 Å². The minimum Gasteiger partial charge on any atom is -0.480 e. The van der Waals surface area contributed by atoms with E-state index in [4.69, 9.17) is 0 Å². The fraction of sp³-hybridized carbons (Fsp3) is 0.538. The fourth-order valence-corrected chi connectivity index (χ4v) is 2.50. The van der Waals surface area contributed by atoms with Crippen molar-refractivity contribution < 1.29 is 19.5 Å². The Hall–Kier alpha value is -2.38. The predicted octanol–water partition coefficient (Wildman–Crippen LogP) is -0.467. The van der Waals surface area contributed by atoms with Crippen LogP contribution >= 0.6 is 0 Å². The topological polar surface area (TPSA) is 115 Å². The third-order valence-corrected chi connectivity index (χ3v) is 3.55. The lowest BCUT2D eigenvalue weighted by molar-refractivity contribution is -0.143. The number of hydrogen-bond donors (Lipinski definition) is 3. The Labute approximate surface area is 121 Å². The SMILES string of the molecule is CC(=O)N1CCC[C@H]1C(=O)NC(Cc1cnc[nH]1)C(=O)O. The van der Waals surface area contributed by atoms with Crippen LogP contribution in [0.3, 0.4) is 0 Å². The van der Waals surface area contributed by atoms with Gasteiger partial charge in [-0.1, -0.05) is 0 Å². The molecule has 0 bridgehead atoms. The number of H-pyrrole nitrogens is 1. The molecule has 0 radical (unpaired) electrons. The first kappa shape index (κ1) is 15.0. The number of aromatic amines is 1. The largest absolute Gasteiger partial charge is 0.480 e. The maximum Gasteiger partial charge on any atom is 0.326 e. The van der Waals surface area contributed by atoms with Gasteiger partial charge in [-0.15, -0.1) is 0 Å². The molecule has 1 unspecified atom stereocenters. The van der Waals surface area contributed by atoms with Gasteiger partial charge in [0.05, 0.1) is 6.33 Å². The molecule has 0 spiro atoms. The fourth-order valence-electron chi connectivity index (χ4n) is 2.50. The van der Waals surface area contributed by atoms with Gasteiger partial charge in [-0.25, -0.2) is 9.78 Å². The lowest BCUT2D eigenvalue weighted by Crippen LogP contribution is -2.51. The molecule has 0 saturated carbocycles. The Balaban J connectivity index is 2.01. The van der Waals surface area contributed by atoms with Gasteiger partial charge in [-0.05, 0) is 12.8 Å². The minimum absolute atomic E-state index is 0.119. The van der Waals surface area contributed by atoms with Gasteiger partial charge in [0, 0.05) is 31.8 Å². The van der Waals surface area contributed by atoms with Gasteiger partial charge < -0.3 is 20.3 Å². The molecule has 3 N–H and O–H groups in total.